The van der Waals surface area contributed by atoms with Crippen molar-refractivity contribution in [3.63, 3.8) is 0 Å². The van der Waals surface area contributed by atoms with Crippen molar-refractivity contribution in [1.82, 2.24) is 0 Å². The number of allylic oxidation sites excluding steroid dienone is 14. The largest absolute Gasteiger partial charge is 0.462 e. The van der Waals surface area contributed by atoms with Gasteiger partial charge in [0.2, 0.25) is 0 Å². The summed E-state index contributed by atoms with van der Waals surface area (Å²) in [5, 5.41) is 0. The molecule has 0 aromatic rings. The second kappa shape index (κ2) is 52.2. The molecule has 0 aromatic carbocycles. The van der Waals surface area contributed by atoms with Crippen LogP contribution >= 0.6 is 0 Å². The molecule has 0 radical (unpaired) electrons. The fourth-order valence-corrected chi connectivity index (χ4v) is 7.09. The minimum Gasteiger partial charge on any atom is -0.462 e. The fraction of sp³-hybridized carbons (Fsp3) is 0.707. The van der Waals surface area contributed by atoms with E-state index < -0.39 is 6.10 Å². The molecule has 0 heterocycles. The standard InChI is InChI=1S/C58H98O6/c1-4-7-10-13-16-19-22-25-27-28-29-30-31-34-36-39-42-45-48-51-57(60)63-54-55(53-62-56(59)50-47-44-41-38-35-32-24-21-18-15-12-9-6-3)64-58(61)52-49-46-43-40-37-33-26-23-20-17-14-11-8-5-2/h9,12,14,16-19,21,23,25-27,32,35,55H,4-8,10-11,13,15,20,22,24,28-31,33-34,36-54H2,1-3H3/b12-9-,17-14-,19-16-,21-18-,26-23-,27-25-,35-32-. The second-order valence-corrected chi connectivity index (χ2v) is 17.4. The Morgan fingerprint density at radius 1 is 0.328 bits per heavy atom. The first-order valence-corrected chi connectivity index (χ1v) is 26.6. The molecular formula is C58H98O6. The van der Waals surface area contributed by atoms with E-state index in [1.165, 1.54) is 89.9 Å². The highest BCUT2D eigenvalue weighted by molar-refractivity contribution is 5.71. The van der Waals surface area contributed by atoms with E-state index in [-0.39, 0.29) is 31.1 Å². The van der Waals surface area contributed by atoms with Crippen LogP contribution in [0.25, 0.3) is 0 Å². The maximum absolute atomic E-state index is 12.8. The van der Waals surface area contributed by atoms with Gasteiger partial charge >= 0.3 is 17.9 Å². The van der Waals surface area contributed by atoms with E-state index in [1.54, 1.807) is 0 Å². The lowest BCUT2D eigenvalue weighted by molar-refractivity contribution is -0.167. The number of rotatable bonds is 47. The topological polar surface area (TPSA) is 78.9 Å². The van der Waals surface area contributed by atoms with E-state index in [1.807, 2.05) is 0 Å². The number of unbranched alkanes of at least 4 members (excludes halogenated alkanes) is 22. The second-order valence-electron chi connectivity index (χ2n) is 17.4. The van der Waals surface area contributed by atoms with Crippen molar-refractivity contribution < 1.29 is 28.6 Å². The molecule has 0 fully saturated rings. The third-order valence-electron chi connectivity index (χ3n) is 11.1. The summed E-state index contributed by atoms with van der Waals surface area (Å²) in [7, 11) is 0. The molecule has 6 nitrogen and oxygen atoms in total. The van der Waals surface area contributed by atoms with E-state index >= 15 is 0 Å². The van der Waals surface area contributed by atoms with Crippen LogP contribution < -0.4 is 0 Å². The highest BCUT2D eigenvalue weighted by atomic mass is 16.6. The van der Waals surface area contributed by atoms with Crippen LogP contribution in [0, 0.1) is 0 Å². The molecule has 6 heteroatoms. The molecule has 1 atom stereocenters. The lowest BCUT2D eigenvalue weighted by Gasteiger charge is -2.18. The summed E-state index contributed by atoms with van der Waals surface area (Å²) in [5.74, 6) is -0.943. The van der Waals surface area contributed by atoms with E-state index in [0.29, 0.717) is 19.3 Å². The van der Waals surface area contributed by atoms with Crippen LogP contribution in [-0.4, -0.2) is 37.2 Å². The van der Waals surface area contributed by atoms with Crippen LogP contribution in [0.15, 0.2) is 85.1 Å². The van der Waals surface area contributed by atoms with E-state index in [9.17, 15) is 14.4 Å². The van der Waals surface area contributed by atoms with Gasteiger partial charge in [0.25, 0.3) is 0 Å². The average molecular weight is 891 g/mol. The Hall–Kier alpha value is -3.41. The van der Waals surface area contributed by atoms with Gasteiger partial charge in [-0.15, -0.1) is 0 Å². The van der Waals surface area contributed by atoms with Crippen LogP contribution in [0.4, 0.5) is 0 Å². The third-order valence-corrected chi connectivity index (χ3v) is 11.1. The Morgan fingerprint density at radius 2 is 0.625 bits per heavy atom. The van der Waals surface area contributed by atoms with Gasteiger partial charge in [0.05, 0.1) is 0 Å². The molecule has 0 amide bonds. The first-order chi connectivity index (χ1) is 31.5. The molecule has 0 saturated carbocycles. The van der Waals surface area contributed by atoms with Crippen molar-refractivity contribution in [1.29, 1.82) is 0 Å². The monoisotopic (exact) mass is 891 g/mol. The summed E-state index contributed by atoms with van der Waals surface area (Å²) in [6.07, 6.45) is 67.1. The Bertz CT molecular complexity index is 1250. The average Bonchev–Trinajstić information content (AvgIpc) is 3.29. The van der Waals surface area contributed by atoms with Gasteiger partial charge < -0.3 is 14.2 Å². The van der Waals surface area contributed by atoms with Gasteiger partial charge in [-0.05, 0) is 109 Å². The Balaban J connectivity index is 4.41. The predicted octanol–water partition coefficient (Wildman–Crippen LogP) is 17.6. The fourth-order valence-electron chi connectivity index (χ4n) is 7.09. The molecule has 0 aliphatic carbocycles. The predicted molar refractivity (Wildman–Crippen MR) is 274 cm³/mol. The molecule has 1 unspecified atom stereocenters. The van der Waals surface area contributed by atoms with Gasteiger partial charge in [-0.3, -0.25) is 14.4 Å². The van der Waals surface area contributed by atoms with Crippen molar-refractivity contribution in [2.75, 3.05) is 13.2 Å². The number of ether oxygens (including phenoxy) is 3. The van der Waals surface area contributed by atoms with E-state index in [0.717, 1.165) is 116 Å². The number of hydrogen-bond acceptors (Lipinski definition) is 6. The Labute approximate surface area is 395 Å². The van der Waals surface area contributed by atoms with E-state index in [2.05, 4.69) is 106 Å². The molecule has 0 bridgehead atoms. The summed E-state index contributed by atoms with van der Waals surface area (Å²) in [6, 6.07) is 0. The quantitative estimate of drug-likeness (QED) is 0.0262. The maximum atomic E-state index is 12.8. The van der Waals surface area contributed by atoms with Crippen LogP contribution in [0.3, 0.4) is 0 Å². The highest BCUT2D eigenvalue weighted by Gasteiger charge is 2.19. The Morgan fingerprint density at radius 3 is 1.02 bits per heavy atom. The zero-order valence-electron chi connectivity index (χ0n) is 41.8. The summed E-state index contributed by atoms with van der Waals surface area (Å²) in [4.78, 5) is 38.0. The van der Waals surface area contributed by atoms with Gasteiger partial charge in [0.15, 0.2) is 6.10 Å². The molecule has 0 aliphatic heterocycles. The first-order valence-electron chi connectivity index (χ1n) is 26.6. The van der Waals surface area contributed by atoms with Crippen molar-refractivity contribution >= 4 is 17.9 Å². The minimum absolute atomic E-state index is 0.0944. The van der Waals surface area contributed by atoms with Crippen LogP contribution in [0.1, 0.15) is 245 Å². The first kappa shape index (κ1) is 60.6. The van der Waals surface area contributed by atoms with Gasteiger partial charge in [0, 0.05) is 19.3 Å². The van der Waals surface area contributed by atoms with Crippen molar-refractivity contribution in [3.8, 4) is 0 Å². The lowest BCUT2D eigenvalue weighted by atomic mass is 10.1. The zero-order chi connectivity index (χ0) is 46.5. The molecule has 0 saturated heterocycles. The molecule has 0 spiro atoms. The molecule has 0 rings (SSSR count). The molecule has 64 heavy (non-hydrogen) atoms. The van der Waals surface area contributed by atoms with Gasteiger partial charge in [-0.1, -0.05) is 202 Å². The highest BCUT2D eigenvalue weighted by Crippen LogP contribution is 2.14. The van der Waals surface area contributed by atoms with Gasteiger partial charge in [-0.25, -0.2) is 0 Å². The summed E-state index contributed by atoms with van der Waals surface area (Å²) < 4.78 is 16.8. The summed E-state index contributed by atoms with van der Waals surface area (Å²) >= 11 is 0. The van der Waals surface area contributed by atoms with Gasteiger partial charge in [0.1, 0.15) is 13.2 Å². The number of carbonyl (C=O) groups is 3. The number of carbonyl (C=O) groups excluding carboxylic acids is 3. The van der Waals surface area contributed by atoms with Crippen molar-refractivity contribution in [2.45, 2.75) is 252 Å². The molecular weight excluding hydrogens is 793 g/mol. The van der Waals surface area contributed by atoms with Crippen LogP contribution in [0.5, 0.6) is 0 Å². The molecule has 366 valence electrons. The molecule has 0 aliphatic rings. The maximum Gasteiger partial charge on any atom is 0.306 e. The van der Waals surface area contributed by atoms with Crippen molar-refractivity contribution in [2.24, 2.45) is 0 Å². The van der Waals surface area contributed by atoms with Crippen LogP contribution in [-0.2, 0) is 28.6 Å². The normalized spacial score (nSPS) is 12.7. The number of esters is 3. The Kier molecular flexibility index (Phi) is 49.4. The molecule has 0 aromatic heterocycles. The molecule has 0 N–H and O–H groups in total. The third kappa shape index (κ3) is 49.6. The smallest absolute Gasteiger partial charge is 0.306 e. The van der Waals surface area contributed by atoms with Crippen LogP contribution in [0.2, 0.25) is 0 Å². The summed E-state index contributed by atoms with van der Waals surface area (Å²) in [5.41, 5.74) is 0. The minimum atomic E-state index is -0.797. The zero-order valence-corrected chi connectivity index (χ0v) is 41.8. The summed E-state index contributed by atoms with van der Waals surface area (Å²) in [6.45, 7) is 6.42. The lowest BCUT2D eigenvalue weighted by Crippen LogP contribution is -2.30. The van der Waals surface area contributed by atoms with Crippen molar-refractivity contribution in [3.05, 3.63) is 85.1 Å². The number of hydrogen-bond donors (Lipinski definition) is 0. The van der Waals surface area contributed by atoms with E-state index in [4.69, 9.17) is 14.2 Å². The SMILES string of the molecule is CC/C=C\C/C=C\C/C=C\CCCCCC(=O)OCC(COC(=O)CCCCCCCCCCC/C=C\C/C=C\CCCCC)OC(=O)CCCCCCC/C=C\C/C=C\CCCC. The van der Waals surface area contributed by atoms with Gasteiger partial charge in [-0.2, -0.15) is 0 Å².